The minimum atomic E-state index is -1.15. The number of anilines is 1. The maximum absolute atomic E-state index is 14.0. The first-order valence-corrected chi connectivity index (χ1v) is 15.4. The number of allylic oxidation sites excluding steroid dienone is 1. The molecule has 1 fully saturated rings. The number of pyridine rings is 1. The lowest BCUT2D eigenvalue weighted by Gasteiger charge is -2.21. The van der Waals surface area contributed by atoms with Crippen molar-refractivity contribution < 1.29 is 38.1 Å². The summed E-state index contributed by atoms with van der Waals surface area (Å²) in [7, 11) is 0. The number of nitrogens with one attached hydrogen (secondary N) is 2. The van der Waals surface area contributed by atoms with Crippen molar-refractivity contribution in [1.29, 1.82) is 0 Å². The lowest BCUT2D eigenvalue weighted by molar-refractivity contribution is -0.125. The van der Waals surface area contributed by atoms with E-state index in [9.17, 15) is 28.4 Å². The van der Waals surface area contributed by atoms with Crippen LogP contribution in [-0.4, -0.2) is 81.1 Å². The summed E-state index contributed by atoms with van der Waals surface area (Å²) in [5, 5.41) is 14.4. The molecule has 1 aliphatic rings. The Kier molecular flexibility index (Phi) is 11.5. The summed E-state index contributed by atoms with van der Waals surface area (Å²) < 4.78 is 27.0. The number of likely N-dealkylation sites (tertiary alicyclic amines) is 1. The number of alkyl carbamates (subject to hydrolysis) is 1. The largest absolute Gasteiger partial charge is 0.447 e. The monoisotopic (exact) mass is 653 g/mol. The molecule has 13 nitrogen and oxygen atoms in total. The smallest absolute Gasteiger partial charge is 0.419 e. The number of nitrogens with zero attached hydrogens (tertiary/aromatic N) is 3. The van der Waals surface area contributed by atoms with E-state index in [2.05, 4.69) is 10.6 Å². The predicted molar refractivity (Wildman–Crippen MR) is 172 cm³/mol. The topological polar surface area (TPSA) is 161 Å². The maximum Gasteiger partial charge on any atom is 0.419 e. The zero-order valence-electron chi connectivity index (χ0n) is 26.7. The summed E-state index contributed by atoms with van der Waals surface area (Å²) in [6.07, 6.45) is 5.13. The molecule has 0 aliphatic carbocycles. The molecule has 2 aromatic heterocycles. The van der Waals surface area contributed by atoms with Crippen molar-refractivity contribution >= 4 is 40.6 Å². The highest BCUT2D eigenvalue weighted by Crippen LogP contribution is 2.24. The van der Waals surface area contributed by atoms with Gasteiger partial charge in [0.2, 0.25) is 11.8 Å². The summed E-state index contributed by atoms with van der Waals surface area (Å²) in [5.74, 6) is -1.33. The van der Waals surface area contributed by atoms with Crippen LogP contribution in [-0.2, 0) is 25.6 Å². The van der Waals surface area contributed by atoms with E-state index in [0.717, 1.165) is 12.8 Å². The van der Waals surface area contributed by atoms with Gasteiger partial charge in [0.15, 0.2) is 0 Å². The van der Waals surface area contributed by atoms with Gasteiger partial charge in [0.25, 0.3) is 5.56 Å². The molecule has 252 valence electrons. The Morgan fingerprint density at radius 1 is 1.11 bits per heavy atom. The van der Waals surface area contributed by atoms with E-state index in [0.29, 0.717) is 29.7 Å². The summed E-state index contributed by atoms with van der Waals surface area (Å²) in [6, 6.07) is 7.31. The van der Waals surface area contributed by atoms with Crippen molar-refractivity contribution in [1.82, 2.24) is 19.4 Å². The molecule has 1 aliphatic heterocycles. The fraction of sp³-hybridized carbons (Fsp3) is 0.424. The predicted octanol–water partition coefficient (Wildman–Crippen LogP) is 3.76. The number of hydrogen-bond donors (Lipinski definition) is 3. The van der Waals surface area contributed by atoms with Crippen LogP contribution < -0.4 is 16.2 Å². The summed E-state index contributed by atoms with van der Waals surface area (Å²) in [5.41, 5.74) is -0.789. The highest BCUT2D eigenvalue weighted by molar-refractivity contribution is 5.96. The Morgan fingerprint density at radius 3 is 2.55 bits per heavy atom. The average molecular weight is 654 g/mol. The first kappa shape index (κ1) is 34.9. The van der Waals surface area contributed by atoms with Crippen LogP contribution in [0, 0.1) is 5.82 Å². The van der Waals surface area contributed by atoms with Crippen molar-refractivity contribution in [2.24, 2.45) is 0 Å². The minimum absolute atomic E-state index is 0.0808. The van der Waals surface area contributed by atoms with E-state index >= 15 is 0 Å². The molecule has 4 rings (SSSR count). The summed E-state index contributed by atoms with van der Waals surface area (Å²) >= 11 is 0. The van der Waals surface area contributed by atoms with Gasteiger partial charge in [-0.3, -0.25) is 14.4 Å². The molecule has 0 radical (unpaired) electrons. The number of carbonyl (C=O) groups is 4. The van der Waals surface area contributed by atoms with Gasteiger partial charge in [0, 0.05) is 30.4 Å². The van der Waals surface area contributed by atoms with E-state index in [-0.39, 0.29) is 37.6 Å². The molecule has 3 amide bonds. The van der Waals surface area contributed by atoms with Gasteiger partial charge < -0.3 is 34.7 Å². The van der Waals surface area contributed by atoms with Crippen LogP contribution in [0.3, 0.4) is 0 Å². The van der Waals surface area contributed by atoms with E-state index in [4.69, 9.17) is 14.6 Å². The Labute approximate surface area is 270 Å². The maximum atomic E-state index is 14.0. The lowest BCUT2D eigenvalue weighted by atomic mass is 10.1. The zero-order chi connectivity index (χ0) is 34.1. The van der Waals surface area contributed by atoms with Crippen LogP contribution in [0.4, 0.5) is 19.7 Å². The molecule has 47 heavy (non-hydrogen) atoms. The van der Waals surface area contributed by atoms with E-state index < -0.39 is 47.7 Å². The third kappa shape index (κ3) is 9.51. The number of fused-ring (bicyclic) bond motifs is 1. The first-order chi connectivity index (χ1) is 22.4. The number of amides is 3. The second-order valence-electron chi connectivity index (χ2n) is 12.1. The number of carbonyl (C=O) groups excluding carboxylic acids is 4. The van der Waals surface area contributed by atoms with Crippen LogP contribution in [0.1, 0.15) is 52.1 Å². The van der Waals surface area contributed by atoms with Crippen LogP contribution in [0.15, 0.2) is 59.5 Å². The highest BCUT2D eigenvalue weighted by atomic mass is 19.1. The second-order valence-corrected chi connectivity index (χ2v) is 12.1. The van der Waals surface area contributed by atoms with Gasteiger partial charge >= 0.3 is 12.2 Å². The third-order valence-corrected chi connectivity index (χ3v) is 7.26. The molecule has 0 bridgehead atoms. The number of hydrogen-bond acceptors (Lipinski definition) is 8. The van der Waals surface area contributed by atoms with E-state index in [1.807, 2.05) is 0 Å². The molecule has 0 unspecified atom stereocenters. The lowest BCUT2D eigenvalue weighted by Crippen LogP contribution is -2.45. The van der Waals surface area contributed by atoms with Crippen LogP contribution >= 0.6 is 0 Å². The molecule has 3 N–H and O–H groups in total. The van der Waals surface area contributed by atoms with E-state index in [1.54, 1.807) is 37.8 Å². The summed E-state index contributed by atoms with van der Waals surface area (Å²) in [6.45, 7) is 5.73. The van der Waals surface area contributed by atoms with Gasteiger partial charge in [-0.05, 0) is 88.9 Å². The fourth-order valence-electron chi connectivity index (χ4n) is 5.11. The normalized spacial score (nSPS) is 13.9. The van der Waals surface area contributed by atoms with Crippen molar-refractivity contribution in [3.8, 4) is 0 Å². The Balaban J connectivity index is 1.54. The molecular weight excluding hydrogens is 613 g/mol. The summed E-state index contributed by atoms with van der Waals surface area (Å²) in [4.78, 5) is 66.3. The van der Waals surface area contributed by atoms with Gasteiger partial charge in [-0.2, -0.15) is 0 Å². The molecular formula is C33H40FN5O8. The van der Waals surface area contributed by atoms with Gasteiger partial charge in [-0.25, -0.2) is 18.5 Å². The van der Waals surface area contributed by atoms with Gasteiger partial charge in [-0.1, -0.05) is 6.08 Å². The highest BCUT2D eigenvalue weighted by Gasteiger charge is 2.25. The number of aliphatic hydroxyl groups excluding tert-OH is 1. The SMILES string of the molecule is CC(C)(C)OC(=O)n1c(Cn2cccc(NC(=O)[C@H](CC/C=C/C(=O)N3CCCC3)NC(=O)OCCO)c2=O)cc2cc(F)ccc21. The van der Waals surface area contributed by atoms with Crippen molar-refractivity contribution in [3.63, 3.8) is 0 Å². The number of halogens is 1. The molecule has 3 aromatic rings. The Morgan fingerprint density at radius 2 is 1.85 bits per heavy atom. The zero-order valence-corrected chi connectivity index (χ0v) is 26.7. The fourth-order valence-corrected chi connectivity index (χ4v) is 5.11. The van der Waals surface area contributed by atoms with Crippen LogP contribution in [0.2, 0.25) is 0 Å². The quantitative estimate of drug-likeness (QED) is 0.264. The molecule has 3 heterocycles. The average Bonchev–Trinajstić information content (AvgIpc) is 3.67. The first-order valence-electron chi connectivity index (χ1n) is 15.4. The van der Waals surface area contributed by atoms with Gasteiger partial charge in [0.05, 0.1) is 18.7 Å². The van der Waals surface area contributed by atoms with Crippen molar-refractivity contribution in [3.05, 3.63) is 76.6 Å². The number of benzene rings is 1. The van der Waals surface area contributed by atoms with Gasteiger partial charge in [0.1, 0.15) is 29.8 Å². The molecule has 0 spiro atoms. The Bertz CT molecular complexity index is 1700. The molecule has 0 saturated carbocycles. The van der Waals surface area contributed by atoms with Crippen molar-refractivity contribution in [2.45, 2.75) is 64.6 Å². The third-order valence-electron chi connectivity index (χ3n) is 7.26. The van der Waals surface area contributed by atoms with Crippen molar-refractivity contribution in [2.75, 3.05) is 31.6 Å². The Hall–Kier alpha value is -4.98. The van der Waals surface area contributed by atoms with Crippen LogP contribution in [0.5, 0.6) is 0 Å². The molecule has 14 heteroatoms. The number of aliphatic hydroxyl groups is 1. The minimum Gasteiger partial charge on any atom is -0.447 e. The number of aromatic nitrogens is 2. The van der Waals surface area contributed by atoms with Gasteiger partial charge in [-0.15, -0.1) is 0 Å². The van der Waals surface area contributed by atoms with E-state index in [1.165, 1.54) is 51.7 Å². The molecule has 1 saturated heterocycles. The van der Waals surface area contributed by atoms with Crippen LogP contribution in [0.25, 0.3) is 10.9 Å². The number of rotatable bonds is 11. The second kappa shape index (κ2) is 15.5. The molecule has 1 aromatic carbocycles. The number of ether oxygens (including phenoxy) is 2. The molecule has 1 atom stereocenters. The standard InChI is InChI=1S/C33H40FN5O8/c1-33(2,3)47-32(45)39-24(20-22-19-23(34)12-13-27(22)39)21-38-16-8-10-26(30(38)43)35-29(42)25(36-31(44)46-18-17-40)9-4-5-11-28(41)37-14-6-7-15-37/h5,8,10-13,16,19-20,25,40H,4,6-7,9,14-15,17-18,21H2,1-3H3,(H,35,42)(H,36,44)/b11-5+/t25-/m0/s1.